The largest absolute Gasteiger partial charge is 0.341 e. The number of nitrogens with zero attached hydrogens (tertiary/aromatic N) is 2. The summed E-state index contributed by atoms with van der Waals surface area (Å²) in [6.45, 7) is 0.581. The van der Waals surface area contributed by atoms with E-state index in [0.29, 0.717) is 42.5 Å². The fourth-order valence-corrected chi connectivity index (χ4v) is 3.07. The van der Waals surface area contributed by atoms with Crippen molar-refractivity contribution >= 4 is 32.7 Å². The molecule has 134 valence electrons. The van der Waals surface area contributed by atoms with Crippen LogP contribution < -0.4 is 5.56 Å². The molecule has 0 bridgehead atoms. The molecule has 1 amide bonds. The van der Waals surface area contributed by atoms with Crippen molar-refractivity contribution in [3.63, 3.8) is 0 Å². The monoisotopic (exact) mass is 413 g/mol. The Bertz CT molecular complexity index is 967. The van der Waals surface area contributed by atoms with Gasteiger partial charge in [0.25, 0.3) is 5.56 Å². The normalized spacial score (nSPS) is 10.8. The Morgan fingerprint density at radius 1 is 1.15 bits per heavy atom. The van der Waals surface area contributed by atoms with Crippen LogP contribution in [0.3, 0.4) is 0 Å². The Kier molecular flexibility index (Phi) is 5.83. The van der Waals surface area contributed by atoms with Crippen molar-refractivity contribution < 1.29 is 4.79 Å². The molecule has 0 aliphatic carbocycles. The van der Waals surface area contributed by atoms with Crippen molar-refractivity contribution in [3.05, 3.63) is 74.7 Å². The second-order valence-corrected chi connectivity index (χ2v) is 7.18. The number of rotatable bonds is 6. The highest BCUT2D eigenvalue weighted by atomic mass is 79.9. The summed E-state index contributed by atoms with van der Waals surface area (Å²) in [6, 6.07) is 15.2. The van der Waals surface area contributed by atoms with Gasteiger partial charge in [-0.25, -0.2) is 4.98 Å². The van der Waals surface area contributed by atoms with Gasteiger partial charge in [-0.15, -0.1) is 0 Å². The molecular formula is C20H20BrN3O2. The highest BCUT2D eigenvalue weighted by molar-refractivity contribution is 9.10. The number of para-hydroxylation sites is 1. The lowest BCUT2D eigenvalue weighted by Crippen LogP contribution is -2.26. The zero-order valence-corrected chi connectivity index (χ0v) is 16.1. The summed E-state index contributed by atoms with van der Waals surface area (Å²) in [5, 5.41) is 0.585. The number of aryl methyl sites for hydroxylation is 1. The summed E-state index contributed by atoms with van der Waals surface area (Å²) in [7, 11) is 1.81. The van der Waals surface area contributed by atoms with E-state index in [9.17, 15) is 9.59 Å². The maximum atomic E-state index is 12.3. The number of amides is 1. The summed E-state index contributed by atoms with van der Waals surface area (Å²) < 4.78 is 1.02. The zero-order chi connectivity index (χ0) is 18.5. The summed E-state index contributed by atoms with van der Waals surface area (Å²) >= 11 is 3.41. The van der Waals surface area contributed by atoms with Crippen LogP contribution in [0.2, 0.25) is 0 Å². The molecule has 6 heteroatoms. The number of fused-ring (bicyclic) bond motifs is 1. The van der Waals surface area contributed by atoms with E-state index < -0.39 is 0 Å². The molecule has 1 N–H and O–H groups in total. The van der Waals surface area contributed by atoms with Crippen LogP contribution in [0.4, 0.5) is 0 Å². The van der Waals surface area contributed by atoms with Crippen LogP contribution in [0.25, 0.3) is 10.9 Å². The lowest BCUT2D eigenvalue weighted by Gasteiger charge is -2.17. The van der Waals surface area contributed by atoms with Gasteiger partial charge in [-0.3, -0.25) is 9.59 Å². The van der Waals surface area contributed by atoms with Gasteiger partial charge in [0, 0.05) is 30.9 Å². The first kappa shape index (κ1) is 18.3. The smallest absolute Gasteiger partial charge is 0.258 e. The second kappa shape index (κ2) is 8.27. The minimum Gasteiger partial charge on any atom is -0.341 e. The van der Waals surface area contributed by atoms with Crippen molar-refractivity contribution in [2.45, 2.75) is 25.8 Å². The Balaban J connectivity index is 1.54. The minimum absolute atomic E-state index is 0.0797. The van der Waals surface area contributed by atoms with Crippen LogP contribution in [0.15, 0.2) is 57.8 Å². The van der Waals surface area contributed by atoms with E-state index >= 15 is 0 Å². The molecule has 0 spiro atoms. The van der Waals surface area contributed by atoms with Crippen molar-refractivity contribution in [1.82, 2.24) is 14.9 Å². The average molecular weight is 414 g/mol. The summed E-state index contributed by atoms with van der Waals surface area (Å²) in [4.78, 5) is 33.4. The van der Waals surface area contributed by atoms with Crippen LogP contribution in [-0.2, 0) is 17.8 Å². The third-order valence-electron chi connectivity index (χ3n) is 4.22. The molecule has 2 aromatic carbocycles. The summed E-state index contributed by atoms with van der Waals surface area (Å²) in [6.07, 6.45) is 1.63. The van der Waals surface area contributed by atoms with Crippen molar-refractivity contribution in [2.75, 3.05) is 7.05 Å². The topological polar surface area (TPSA) is 66.1 Å². The summed E-state index contributed by atoms with van der Waals surface area (Å²) in [5.74, 6) is 0.702. The zero-order valence-electron chi connectivity index (χ0n) is 14.5. The molecule has 3 rings (SSSR count). The molecule has 0 aliphatic rings. The number of halogens is 1. The number of nitrogens with one attached hydrogen (secondary N) is 1. The second-order valence-electron chi connectivity index (χ2n) is 6.26. The van der Waals surface area contributed by atoms with E-state index in [4.69, 9.17) is 0 Å². The number of hydrogen-bond acceptors (Lipinski definition) is 3. The first-order valence-electron chi connectivity index (χ1n) is 8.49. The lowest BCUT2D eigenvalue weighted by atomic mass is 10.1. The Morgan fingerprint density at radius 2 is 1.88 bits per heavy atom. The van der Waals surface area contributed by atoms with Gasteiger partial charge in [-0.05, 0) is 36.2 Å². The molecule has 0 saturated heterocycles. The van der Waals surface area contributed by atoms with E-state index in [-0.39, 0.29) is 11.5 Å². The van der Waals surface area contributed by atoms with Crippen molar-refractivity contribution in [2.24, 2.45) is 0 Å². The van der Waals surface area contributed by atoms with Gasteiger partial charge < -0.3 is 9.88 Å². The predicted molar refractivity (Wildman–Crippen MR) is 106 cm³/mol. The van der Waals surface area contributed by atoms with E-state index in [1.54, 1.807) is 18.0 Å². The maximum Gasteiger partial charge on any atom is 0.258 e. The molecule has 3 aromatic rings. The molecule has 26 heavy (non-hydrogen) atoms. The molecular weight excluding hydrogens is 394 g/mol. The fourth-order valence-electron chi connectivity index (χ4n) is 2.80. The lowest BCUT2D eigenvalue weighted by molar-refractivity contribution is -0.130. The van der Waals surface area contributed by atoms with Gasteiger partial charge in [0.2, 0.25) is 5.91 Å². The fraction of sp³-hybridized carbons (Fsp3) is 0.250. The standard InChI is InChI=1S/C20H20BrN3O2/c1-24(13-14-9-11-15(21)12-10-14)19(25)8-4-7-18-22-17-6-3-2-5-16(17)20(26)23-18/h2-3,5-6,9-12H,4,7-8,13H2,1H3,(H,22,23,26). The number of carbonyl (C=O) groups excluding carboxylic acids is 1. The first-order chi connectivity index (χ1) is 12.5. The van der Waals surface area contributed by atoms with E-state index in [1.807, 2.05) is 42.5 Å². The van der Waals surface area contributed by atoms with Crippen LogP contribution >= 0.6 is 15.9 Å². The highest BCUT2D eigenvalue weighted by Gasteiger charge is 2.10. The first-order valence-corrected chi connectivity index (χ1v) is 9.28. The molecule has 5 nitrogen and oxygen atoms in total. The van der Waals surface area contributed by atoms with E-state index in [1.165, 1.54) is 0 Å². The van der Waals surface area contributed by atoms with Gasteiger partial charge in [-0.2, -0.15) is 0 Å². The molecule has 0 saturated carbocycles. The number of benzene rings is 2. The number of hydrogen-bond donors (Lipinski definition) is 1. The van der Waals surface area contributed by atoms with Crippen molar-refractivity contribution in [1.29, 1.82) is 0 Å². The van der Waals surface area contributed by atoms with Crippen LogP contribution in [0.1, 0.15) is 24.2 Å². The number of H-pyrrole nitrogens is 1. The molecule has 1 aromatic heterocycles. The SMILES string of the molecule is CN(Cc1ccc(Br)cc1)C(=O)CCCc1nc2ccccc2c(=O)[nH]1. The third-order valence-corrected chi connectivity index (χ3v) is 4.75. The molecule has 1 heterocycles. The summed E-state index contributed by atoms with van der Waals surface area (Å²) in [5.41, 5.74) is 1.64. The van der Waals surface area contributed by atoms with E-state index in [2.05, 4.69) is 25.9 Å². The van der Waals surface area contributed by atoms with Crippen LogP contribution in [-0.4, -0.2) is 27.8 Å². The molecule has 0 atom stereocenters. The minimum atomic E-state index is -0.135. The predicted octanol–water partition coefficient (Wildman–Crippen LogP) is 3.67. The maximum absolute atomic E-state index is 12.3. The van der Waals surface area contributed by atoms with Crippen molar-refractivity contribution in [3.8, 4) is 0 Å². The van der Waals surface area contributed by atoms with Gasteiger partial charge in [0.15, 0.2) is 0 Å². The third kappa shape index (κ3) is 4.58. The quantitative estimate of drug-likeness (QED) is 0.670. The van der Waals surface area contributed by atoms with Crippen LogP contribution in [0, 0.1) is 0 Å². The Hall–Kier alpha value is -2.47. The number of aromatic amines is 1. The highest BCUT2D eigenvalue weighted by Crippen LogP contribution is 2.13. The Labute approximate surface area is 160 Å². The van der Waals surface area contributed by atoms with Crippen LogP contribution in [0.5, 0.6) is 0 Å². The average Bonchev–Trinajstić information content (AvgIpc) is 2.63. The molecule has 0 unspecified atom stereocenters. The molecule has 0 radical (unpaired) electrons. The van der Waals surface area contributed by atoms with Gasteiger partial charge in [0.05, 0.1) is 10.9 Å². The Morgan fingerprint density at radius 3 is 2.65 bits per heavy atom. The molecule has 0 fully saturated rings. The molecule has 0 aliphatic heterocycles. The van der Waals surface area contributed by atoms with E-state index in [0.717, 1.165) is 10.0 Å². The number of aromatic nitrogens is 2. The van der Waals surface area contributed by atoms with Gasteiger partial charge in [-0.1, -0.05) is 40.2 Å². The van der Waals surface area contributed by atoms with Gasteiger partial charge >= 0.3 is 0 Å². The van der Waals surface area contributed by atoms with Gasteiger partial charge in [0.1, 0.15) is 5.82 Å². The number of carbonyl (C=O) groups is 1.